The maximum Gasteiger partial charge on any atom is 0.138 e. The number of aliphatic hydroxyl groups is 1. The molecule has 14 heavy (non-hydrogen) atoms. The second kappa shape index (κ2) is 6.04. The van der Waals surface area contributed by atoms with E-state index < -0.39 is 0 Å². The number of hydrogen-bond acceptors (Lipinski definition) is 2. The zero-order valence-electron chi connectivity index (χ0n) is 8.29. The number of ether oxygens (including phenoxy) is 1. The number of para-hydroxylation sites is 1. The zero-order chi connectivity index (χ0) is 10.4. The molecule has 0 saturated heterocycles. The van der Waals surface area contributed by atoms with Crippen LogP contribution in [0.15, 0.2) is 22.7 Å². The van der Waals surface area contributed by atoms with Crippen LogP contribution in [-0.4, -0.2) is 11.7 Å². The lowest BCUT2D eigenvalue weighted by Gasteiger charge is -2.11. The number of halogens is 1. The van der Waals surface area contributed by atoms with Crippen molar-refractivity contribution in [3.8, 4) is 5.75 Å². The molecule has 3 heteroatoms. The van der Waals surface area contributed by atoms with Gasteiger partial charge in [0.15, 0.2) is 0 Å². The molecular formula is C11H15BrO2. The lowest BCUT2D eigenvalue weighted by molar-refractivity contribution is 0.260. The fourth-order valence-corrected chi connectivity index (χ4v) is 1.68. The van der Waals surface area contributed by atoms with Crippen LogP contribution in [0, 0.1) is 0 Å². The minimum absolute atomic E-state index is 0.0148. The van der Waals surface area contributed by atoms with E-state index in [0.717, 1.165) is 28.6 Å². The molecule has 1 aromatic carbocycles. The molecule has 0 spiro atoms. The van der Waals surface area contributed by atoms with Crippen LogP contribution in [0.1, 0.15) is 25.3 Å². The Labute approximate surface area is 93.0 Å². The van der Waals surface area contributed by atoms with E-state index in [1.807, 2.05) is 18.2 Å². The molecule has 0 unspecified atom stereocenters. The number of benzene rings is 1. The van der Waals surface area contributed by atoms with Crippen molar-refractivity contribution in [2.24, 2.45) is 0 Å². The topological polar surface area (TPSA) is 29.5 Å². The molecule has 0 aromatic heterocycles. The minimum Gasteiger partial charge on any atom is -0.492 e. The molecule has 0 bridgehead atoms. The monoisotopic (exact) mass is 258 g/mol. The molecule has 0 aliphatic rings. The maximum atomic E-state index is 9.10. The van der Waals surface area contributed by atoms with E-state index in [4.69, 9.17) is 9.84 Å². The average Bonchev–Trinajstić information content (AvgIpc) is 2.20. The van der Waals surface area contributed by atoms with E-state index in [1.54, 1.807) is 0 Å². The Morgan fingerprint density at radius 2 is 2.21 bits per heavy atom. The summed E-state index contributed by atoms with van der Waals surface area (Å²) in [4.78, 5) is 0. The van der Waals surface area contributed by atoms with Crippen LogP contribution >= 0.6 is 15.9 Å². The first kappa shape index (κ1) is 11.5. The summed E-state index contributed by atoms with van der Waals surface area (Å²) in [5.74, 6) is 0.767. The first-order chi connectivity index (χ1) is 6.79. The number of rotatable bonds is 5. The Morgan fingerprint density at radius 1 is 1.43 bits per heavy atom. The smallest absolute Gasteiger partial charge is 0.138 e. The quantitative estimate of drug-likeness (QED) is 0.823. The Kier molecular flexibility index (Phi) is 4.98. The van der Waals surface area contributed by atoms with Gasteiger partial charge in [0, 0.05) is 5.56 Å². The Hall–Kier alpha value is -0.540. The number of hydrogen-bond donors (Lipinski definition) is 1. The van der Waals surface area contributed by atoms with Crippen LogP contribution in [0.3, 0.4) is 0 Å². The third kappa shape index (κ3) is 3.00. The van der Waals surface area contributed by atoms with Crippen molar-refractivity contribution in [1.29, 1.82) is 0 Å². The summed E-state index contributed by atoms with van der Waals surface area (Å²) in [7, 11) is 0. The molecule has 0 saturated carbocycles. The average molecular weight is 259 g/mol. The summed E-state index contributed by atoms with van der Waals surface area (Å²) in [5, 5.41) is 9.10. The van der Waals surface area contributed by atoms with Gasteiger partial charge < -0.3 is 9.84 Å². The van der Waals surface area contributed by atoms with Crippen LogP contribution in [0.4, 0.5) is 0 Å². The van der Waals surface area contributed by atoms with E-state index in [9.17, 15) is 0 Å². The molecule has 1 rings (SSSR count). The van der Waals surface area contributed by atoms with Gasteiger partial charge in [-0.1, -0.05) is 25.5 Å². The van der Waals surface area contributed by atoms with Crippen molar-refractivity contribution in [3.63, 3.8) is 0 Å². The molecule has 0 aliphatic carbocycles. The summed E-state index contributed by atoms with van der Waals surface area (Å²) >= 11 is 3.40. The van der Waals surface area contributed by atoms with Crippen LogP contribution in [0.25, 0.3) is 0 Å². The Bertz CT molecular complexity index is 287. The van der Waals surface area contributed by atoms with E-state index in [1.165, 1.54) is 0 Å². The summed E-state index contributed by atoms with van der Waals surface area (Å²) in [6, 6.07) is 5.68. The number of unbranched alkanes of at least 4 members (excludes halogenated alkanes) is 1. The maximum absolute atomic E-state index is 9.10. The van der Waals surface area contributed by atoms with Gasteiger partial charge in [-0.15, -0.1) is 0 Å². The number of aliphatic hydroxyl groups excluding tert-OH is 1. The summed E-state index contributed by atoms with van der Waals surface area (Å²) < 4.78 is 6.50. The lowest BCUT2D eigenvalue weighted by Crippen LogP contribution is -2.00. The molecule has 0 atom stereocenters. The normalized spacial score (nSPS) is 10.2. The molecule has 2 nitrogen and oxygen atoms in total. The van der Waals surface area contributed by atoms with Crippen molar-refractivity contribution in [2.45, 2.75) is 26.4 Å². The molecule has 0 fully saturated rings. The van der Waals surface area contributed by atoms with Crippen LogP contribution < -0.4 is 4.74 Å². The van der Waals surface area contributed by atoms with Gasteiger partial charge in [0.1, 0.15) is 5.75 Å². The fourth-order valence-electron chi connectivity index (χ4n) is 1.16. The highest BCUT2D eigenvalue weighted by atomic mass is 79.9. The molecule has 1 N–H and O–H groups in total. The van der Waals surface area contributed by atoms with Crippen LogP contribution in [0.2, 0.25) is 0 Å². The third-order valence-electron chi connectivity index (χ3n) is 1.96. The van der Waals surface area contributed by atoms with Gasteiger partial charge in [-0.2, -0.15) is 0 Å². The first-order valence-electron chi connectivity index (χ1n) is 4.80. The molecule has 0 heterocycles. The highest BCUT2D eigenvalue weighted by molar-refractivity contribution is 9.10. The largest absolute Gasteiger partial charge is 0.492 e. The van der Waals surface area contributed by atoms with Gasteiger partial charge in [0.05, 0.1) is 17.7 Å². The molecule has 0 aliphatic heterocycles. The standard InChI is InChI=1S/C11H15BrO2/c1-2-3-7-14-11-9(8-13)5-4-6-10(11)12/h4-6,13H,2-3,7-8H2,1H3. The lowest BCUT2D eigenvalue weighted by atomic mass is 10.2. The summed E-state index contributed by atoms with van der Waals surface area (Å²) in [5.41, 5.74) is 0.829. The molecule has 78 valence electrons. The van der Waals surface area contributed by atoms with Crippen LogP contribution in [0.5, 0.6) is 5.75 Å². The van der Waals surface area contributed by atoms with Crippen LogP contribution in [-0.2, 0) is 6.61 Å². The SMILES string of the molecule is CCCCOc1c(Br)cccc1CO. The van der Waals surface area contributed by atoms with E-state index in [0.29, 0.717) is 6.61 Å². The fraction of sp³-hybridized carbons (Fsp3) is 0.455. The van der Waals surface area contributed by atoms with Crippen molar-refractivity contribution < 1.29 is 9.84 Å². The summed E-state index contributed by atoms with van der Waals surface area (Å²) in [6.45, 7) is 2.84. The van der Waals surface area contributed by atoms with Crippen molar-refractivity contribution in [3.05, 3.63) is 28.2 Å². The predicted molar refractivity (Wildman–Crippen MR) is 60.5 cm³/mol. The zero-order valence-corrected chi connectivity index (χ0v) is 9.88. The summed E-state index contributed by atoms with van der Waals surface area (Å²) in [6.07, 6.45) is 2.14. The van der Waals surface area contributed by atoms with Gasteiger partial charge >= 0.3 is 0 Å². The predicted octanol–water partition coefficient (Wildman–Crippen LogP) is 3.12. The van der Waals surface area contributed by atoms with Gasteiger partial charge in [0.2, 0.25) is 0 Å². The molecule has 0 amide bonds. The van der Waals surface area contributed by atoms with Crippen molar-refractivity contribution in [1.82, 2.24) is 0 Å². The Morgan fingerprint density at radius 3 is 2.86 bits per heavy atom. The van der Waals surface area contributed by atoms with Gasteiger partial charge in [-0.05, 0) is 28.4 Å². The van der Waals surface area contributed by atoms with Crippen molar-refractivity contribution >= 4 is 15.9 Å². The molecule has 1 aromatic rings. The minimum atomic E-state index is 0.0148. The van der Waals surface area contributed by atoms with E-state index in [2.05, 4.69) is 22.9 Å². The molecule has 0 radical (unpaired) electrons. The van der Waals surface area contributed by atoms with E-state index >= 15 is 0 Å². The molecular weight excluding hydrogens is 244 g/mol. The first-order valence-corrected chi connectivity index (χ1v) is 5.60. The second-order valence-electron chi connectivity index (χ2n) is 3.09. The highest BCUT2D eigenvalue weighted by Crippen LogP contribution is 2.29. The second-order valence-corrected chi connectivity index (χ2v) is 3.94. The van der Waals surface area contributed by atoms with E-state index in [-0.39, 0.29) is 6.61 Å². The van der Waals surface area contributed by atoms with Gasteiger partial charge in [-0.25, -0.2) is 0 Å². The Balaban J connectivity index is 2.72. The highest BCUT2D eigenvalue weighted by Gasteiger charge is 2.06. The van der Waals surface area contributed by atoms with Gasteiger partial charge in [0.25, 0.3) is 0 Å². The third-order valence-corrected chi connectivity index (χ3v) is 2.59. The van der Waals surface area contributed by atoms with Gasteiger partial charge in [-0.3, -0.25) is 0 Å². The van der Waals surface area contributed by atoms with Crippen molar-refractivity contribution in [2.75, 3.05) is 6.61 Å².